The zero-order valence-corrected chi connectivity index (χ0v) is 10.3. The zero-order chi connectivity index (χ0) is 12.1. The maximum Gasteiger partial charge on any atom is 0.318 e. The number of anilines is 1. The van der Waals surface area contributed by atoms with Gasteiger partial charge in [-0.05, 0) is 20.8 Å². The van der Waals surface area contributed by atoms with Crippen LogP contribution in [0.15, 0.2) is 4.42 Å². The average molecular weight is 228 g/mol. The summed E-state index contributed by atoms with van der Waals surface area (Å²) in [6.45, 7) is 7.28. The van der Waals surface area contributed by atoms with Gasteiger partial charge in [0.25, 0.3) is 0 Å². The number of nitrogens with two attached hydrogens (primary N) is 1. The summed E-state index contributed by atoms with van der Waals surface area (Å²) in [4.78, 5) is 1.99. The first-order valence-corrected chi connectivity index (χ1v) is 5.44. The molecule has 0 aliphatic carbocycles. The van der Waals surface area contributed by atoms with Crippen molar-refractivity contribution in [2.24, 2.45) is 5.73 Å². The van der Waals surface area contributed by atoms with Crippen molar-refractivity contribution >= 4 is 6.01 Å². The van der Waals surface area contributed by atoms with E-state index in [1.807, 2.05) is 25.7 Å². The van der Waals surface area contributed by atoms with Gasteiger partial charge in [-0.2, -0.15) is 0 Å². The van der Waals surface area contributed by atoms with E-state index in [1.54, 1.807) is 7.11 Å². The Labute approximate surface area is 95.8 Å². The molecule has 0 amide bonds. The molecule has 92 valence electrons. The highest BCUT2D eigenvalue weighted by Gasteiger charge is 2.19. The first kappa shape index (κ1) is 12.9. The Hall–Kier alpha value is -1.14. The molecule has 0 aliphatic rings. The molecule has 0 fully saturated rings. The topological polar surface area (TPSA) is 77.4 Å². The summed E-state index contributed by atoms with van der Waals surface area (Å²) in [7, 11) is 1.67. The number of rotatable bonds is 6. The minimum atomic E-state index is -0.238. The SMILES string of the molecule is CCN(c1nnc(C(C)N)o1)C(C)COC. The van der Waals surface area contributed by atoms with E-state index >= 15 is 0 Å². The van der Waals surface area contributed by atoms with Crippen LogP contribution >= 0.6 is 0 Å². The summed E-state index contributed by atoms with van der Waals surface area (Å²) in [6.07, 6.45) is 0. The van der Waals surface area contributed by atoms with Crippen LogP contribution in [0.2, 0.25) is 0 Å². The number of hydrogen-bond donors (Lipinski definition) is 1. The molecule has 1 aromatic heterocycles. The summed E-state index contributed by atoms with van der Waals surface area (Å²) < 4.78 is 10.6. The Balaban J connectivity index is 2.78. The average Bonchev–Trinajstić information content (AvgIpc) is 2.68. The maximum absolute atomic E-state index is 5.66. The van der Waals surface area contributed by atoms with Gasteiger partial charge in [0.2, 0.25) is 5.89 Å². The molecule has 0 saturated carbocycles. The maximum atomic E-state index is 5.66. The molecular formula is C10H20N4O2. The van der Waals surface area contributed by atoms with E-state index in [0.717, 1.165) is 6.54 Å². The molecule has 1 rings (SSSR count). The molecule has 0 radical (unpaired) electrons. The second-order valence-electron chi connectivity index (χ2n) is 3.80. The smallest absolute Gasteiger partial charge is 0.318 e. The van der Waals surface area contributed by atoms with E-state index in [-0.39, 0.29) is 12.1 Å². The molecule has 1 aromatic rings. The molecule has 6 heteroatoms. The van der Waals surface area contributed by atoms with Crippen molar-refractivity contribution < 1.29 is 9.15 Å². The Morgan fingerprint density at radius 1 is 1.44 bits per heavy atom. The van der Waals surface area contributed by atoms with Gasteiger partial charge in [-0.25, -0.2) is 0 Å². The Morgan fingerprint density at radius 2 is 2.12 bits per heavy atom. The molecule has 0 aliphatic heterocycles. The fraction of sp³-hybridized carbons (Fsp3) is 0.800. The predicted octanol–water partition coefficient (Wildman–Crippen LogP) is 0.951. The Bertz CT molecular complexity index is 314. The molecule has 2 atom stereocenters. The normalized spacial score (nSPS) is 14.8. The van der Waals surface area contributed by atoms with Gasteiger partial charge in [-0.1, -0.05) is 5.10 Å². The monoisotopic (exact) mass is 228 g/mol. The van der Waals surface area contributed by atoms with Gasteiger partial charge in [0.1, 0.15) is 0 Å². The molecule has 0 spiro atoms. The second-order valence-corrected chi connectivity index (χ2v) is 3.80. The number of ether oxygens (including phenoxy) is 1. The number of likely N-dealkylation sites (N-methyl/N-ethyl adjacent to an activating group) is 1. The van der Waals surface area contributed by atoms with Crippen LogP contribution < -0.4 is 10.6 Å². The first-order chi connectivity index (χ1) is 7.60. The number of nitrogens with zero attached hydrogens (tertiary/aromatic N) is 3. The summed E-state index contributed by atoms with van der Waals surface area (Å²) in [5.41, 5.74) is 5.66. The van der Waals surface area contributed by atoms with Crippen LogP contribution in [-0.4, -0.2) is 36.5 Å². The molecular weight excluding hydrogens is 208 g/mol. The van der Waals surface area contributed by atoms with Crippen molar-refractivity contribution in [3.63, 3.8) is 0 Å². The molecule has 0 bridgehead atoms. The lowest BCUT2D eigenvalue weighted by Crippen LogP contribution is -2.36. The van der Waals surface area contributed by atoms with Crippen LogP contribution in [0.25, 0.3) is 0 Å². The van der Waals surface area contributed by atoms with Crippen LogP contribution in [-0.2, 0) is 4.74 Å². The van der Waals surface area contributed by atoms with Crippen LogP contribution in [0, 0.1) is 0 Å². The van der Waals surface area contributed by atoms with E-state index in [1.165, 1.54) is 0 Å². The summed E-state index contributed by atoms with van der Waals surface area (Å²) >= 11 is 0. The van der Waals surface area contributed by atoms with Gasteiger partial charge in [0, 0.05) is 13.7 Å². The molecule has 6 nitrogen and oxygen atoms in total. The lowest BCUT2D eigenvalue weighted by molar-refractivity contribution is 0.180. The van der Waals surface area contributed by atoms with Gasteiger partial charge >= 0.3 is 6.01 Å². The molecule has 2 unspecified atom stereocenters. The van der Waals surface area contributed by atoms with E-state index in [2.05, 4.69) is 10.2 Å². The fourth-order valence-corrected chi connectivity index (χ4v) is 1.49. The molecule has 1 heterocycles. The first-order valence-electron chi connectivity index (χ1n) is 5.44. The van der Waals surface area contributed by atoms with Gasteiger partial charge < -0.3 is 19.8 Å². The van der Waals surface area contributed by atoms with Gasteiger partial charge in [0.15, 0.2) is 0 Å². The highest BCUT2D eigenvalue weighted by atomic mass is 16.5. The highest BCUT2D eigenvalue weighted by molar-refractivity contribution is 5.25. The van der Waals surface area contributed by atoms with Gasteiger partial charge in [-0.15, -0.1) is 5.10 Å². The Kier molecular flexibility index (Phi) is 4.70. The summed E-state index contributed by atoms with van der Waals surface area (Å²) in [5.74, 6) is 0.457. The number of aromatic nitrogens is 2. The van der Waals surface area contributed by atoms with Crippen LogP contribution in [0.3, 0.4) is 0 Å². The summed E-state index contributed by atoms with van der Waals surface area (Å²) in [5, 5.41) is 7.89. The molecule has 2 N–H and O–H groups in total. The standard InChI is InChI=1S/C10H20N4O2/c1-5-14(7(2)6-15-4)10-13-12-9(16-10)8(3)11/h7-8H,5-6,11H2,1-4H3. The molecule has 0 saturated heterocycles. The lowest BCUT2D eigenvalue weighted by Gasteiger charge is -2.25. The fourth-order valence-electron chi connectivity index (χ4n) is 1.49. The third-order valence-electron chi connectivity index (χ3n) is 2.35. The third-order valence-corrected chi connectivity index (χ3v) is 2.35. The zero-order valence-electron chi connectivity index (χ0n) is 10.3. The molecule has 16 heavy (non-hydrogen) atoms. The number of hydrogen-bond acceptors (Lipinski definition) is 6. The van der Waals surface area contributed by atoms with Crippen LogP contribution in [0.5, 0.6) is 0 Å². The van der Waals surface area contributed by atoms with Gasteiger partial charge in [-0.3, -0.25) is 0 Å². The van der Waals surface area contributed by atoms with E-state index in [4.69, 9.17) is 14.9 Å². The van der Waals surface area contributed by atoms with Crippen LogP contribution in [0.4, 0.5) is 6.01 Å². The lowest BCUT2D eigenvalue weighted by atomic mass is 10.3. The van der Waals surface area contributed by atoms with E-state index < -0.39 is 0 Å². The third kappa shape index (κ3) is 2.93. The highest BCUT2D eigenvalue weighted by Crippen LogP contribution is 2.17. The summed E-state index contributed by atoms with van der Waals surface area (Å²) in [6, 6.07) is 0.452. The minimum Gasteiger partial charge on any atom is -0.406 e. The largest absolute Gasteiger partial charge is 0.406 e. The molecule has 0 aromatic carbocycles. The predicted molar refractivity (Wildman–Crippen MR) is 61.3 cm³/mol. The van der Waals surface area contributed by atoms with Crippen molar-refractivity contribution in [2.75, 3.05) is 25.2 Å². The van der Waals surface area contributed by atoms with Crippen molar-refractivity contribution in [3.05, 3.63) is 5.89 Å². The minimum absolute atomic E-state index is 0.191. The number of methoxy groups -OCH3 is 1. The van der Waals surface area contributed by atoms with Crippen molar-refractivity contribution in [3.8, 4) is 0 Å². The Morgan fingerprint density at radius 3 is 2.56 bits per heavy atom. The van der Waals surface area contributed by atoms with Crippen LogP contribution in [0.1, 0.15) is 32.7 Å². The van der Waals surface area contributed by atoms with E-state index in [9.17, 15) is 0 Å². The van der Waals surface area contributed by atoms with Gasteiger partial charge in [0.05, 0.1) is 18.7 Å². The van der Waals surface area contributed by atoms with Crippen molar-refractivity contribution in [1.82, 2.24) is 10.2 Å². The van der Waals surface area contributed by atoms with E-state index in [0.29, 0.717) is 18.5 Å². The second kappa shape index (κ2) is 5.81. The van der Waals surface area contributed by atoms with Crippen molar-refractivity contribution in [2.45, 2.75) is 32.9 Å². The quantitative estimate of drug-likeness (QED) is 0.781. The van der Waals surface area contributed by atoms with Crippen molar-refractivity contribution in [1.29, 1.82) is 0 Å².